The van der Waals surface area contributed by atoms with Crippen LogP contribution in [-0.2, 0) is 4.79 Å². The summed E-state index contributed by atoms with van der Waals surface area (Å²) in [7, 11) is 0. The maximum atomic E-state index is 11.8. The van der Waals surface area contributed by atoms with Gasteiger partial charge in [0.1, 0.15) is 5.84 Å². The number of likely N-dealkylation sites (tertiary alicyclic amines) is 1. The van der Waals surface area contributed by atoms with Gasteiger partial charge in [-0.3, -0.25) is 9.69 Å². The van der Waals surface area contributed by atoms with E-state index in [0.29, 0.717) is 6.42 Å². The van der Waals surface area contributed by atoms with Crippen LogP contribution in [0.2, 0.25) is 0 Å². The number of nitrogens with zero attached hydrogens (tertiary/aromatic N) is 2. The van der Waals surface area contributed by atoms with Crippen LogP contribution in [0, 0.1) is 0 Å². The summed E-state index contributed by atoms with van der Waals surface area (Å²) < 4.78 is 0. The van der Waals surface area contributed by atoms with Gasteiger partial charge in [0.15, 0.2) is 0 Å². The molecule has 0 radical (unpaired) electrons. The summed E-state index contributed by atoms with van der Waals surface area (Å²) in [6, 6.07) is 8.07. The van der Waals surface area contributed by atoms with Gasteiger partial charge >= 0.3 is 0 Å². The summed E-state index contributed by atoms with van der Waals surface area (Å²) >= 11 is 1.76. The zero-order valence-electron chi connectivity index (χ0n) is 9.01. The maximum Gasteiger partial charge on any atom is 0.229 e. The Morgan fingerprint density at radius 3 is 3.12 bits per heavy atom. The number of fused-ring (bicyclic) bond motifs is 2. The lowest BCUT2D eigenvalue weighted by Gasteiger charge is -2.21. The second-order valence-electron chi connectivity index (χ2n) is 3.89. The Bertz CT molecular complexity index is 484. The minimum Gasteiger partial charge on any atom is -0.300 e. The van der Waals surface area contributed by atoms with Crippen molar-refractivity contribution in [3.05, 3.63) is 24.3 Å². The Kier molecular flexibility index (Phi) is 2.24. The Labute approximate surface area is 98.5 Å². The monoisotopic (exact) mass is 232 g/mol. The maximum absolute atomic E-state index is 11.8. The van der Waals surface area contributed by atoms with Crippen LogP contribution < -0.4 is 0 Å². The molecule has 2 heterocycles. The minimum atomic E-state index is 0.201. The predicted octanol–water partition coefficient (Wildman–Crippen LogP) is 2.44. The Hall–Kier alpha value is -1.29. The van der Waals surface area contributed by atoms with Crippen molar-refractivity contribution < 1.29 is 4.79 Å². The van der Waals surface area contributed by atoms with Crippen molar-refractivity contribution in [2.24, 2.45) is 4.99 Å². The summed E-state index contributed by atoms with van der Waals surface area (Å²) in [5.74, 6) is 1.14. The largest absolute Gasteiger partial charge is 0.300 e. The molecule has 0 N–H and O–H groups in total. The van der Waals surface area contributed by atoms with E-state index in [1.165, 1.54) is 4.90 Å². The molecular formula is C12H12N2OS. The highest BCUT2D eigenvalue weighted by Crippen LogP contribution is 2.42. The smallest absolute Gasteiger partial charge is 0.229 e. The fourth-order valence-electron chi connectivity index (χ4n) is 2.15. The summed E-state index contributed by atoms with van der Waals surface area (Å²) in [6.07, 6.45) is 0.589. The Balaban J connectivity index is 2.06. The summed E-state index contributed by atoms with van der Waals surface area (Å²) in [5, 5.41) is 0.224. The zero-order chi connectivity index (χ0) is 11.1. The summed E-state index contributed by atoms with van der Waals surface area (Å²) in [6.45, 7) is 2.71. The Morgan fingerprint density at radius 1 is 1.50 bits per heavy atom. The van der Waals surface area contributed by atoms with Crippen LogP contribution in [0.3, 0.4) is 0 Å². The molecule has 16 heavy (non-hydrogen) atoms. The van der Waals surface area contributed by atoms with Gasteiger partial charge in [0.25, 0.3) is 0 Å². The van der Waals surface area contributed by atoms with E-state index in [-0.39, 0.29) is 11.2 Å². The van der Waals surface area contributed by atoms with Gasteiger partial charge in [-0.1, -0.05) is 12.1 Å². The number of hydrogen-bond acceptors (Lipinski definition) is 3. The normalized spacial score (nSPS) is 22.8. The minimum absolute atomic E-state index is 0.201. The molecule has 2 aliphatic heterocycles. The third kappa shape index (κ3) is 1.37. The van der Waals surface area contributed by atoms with E-state index in [9.17, 15) is 4.79 Å². The molecule has 4 heteroatoms. The lowest BCUT2D eigenvalue weighted by atomic mass is 10.3. The molecule has 1 amide bonds. The number of amides is 1. The van der Waals surface area contributed by atoms with E-state index in [1.54, 1.807) is 16.7 Å². The Morgan fingerprint density at radius 2 is 2.31 bits per heavy atom. The van der Waals surface area contributed by atoms with Crippen LogP contribution in [0.1, 0.15) is 13.3 Å². The number of carbonyl (C=O) groups excluding carboxylic acids is 1. The summed E-state index contributed by atoms with van der Waals surface area (Å²) in [5.41, 5.74) is 0.993. The van der Waals surface area contributed by atoms with Gasteiger partial charge < -0.3 is 0 Å². The first-order valence-corrected chi connectivity index (χ1v) is 6.32. The lowest BCUT2D eigenvalue weighted by Crippen LogP contribution is -2.31. The van der Waals surface area contributed by atoms with E-state index >= 15 is 0 Å². The average molecular weight is 232 g/mol. The second kappa shape index (κ2) is 3.63. The molecule has 1 aromatic rings. The van der Waals surface area contributed by atoms with E-state index in [2.05, 4.69) is 11.1 Å². The van der Waals surface area contributed by atoms with Crippen molar-refractivity contribution >= 4 is 29.2 Å². The molecule has 0 unspecified atom stereocenters. The number of rotatable bonds is 1. The molecule has 1 atom stereocenters. The molecule has 0 saturated carbocycles. The number of benzene rings is 1. The SMILES string of the molecule is CCN1C(=O)C[C@@H]2Sc3ccccc3N=C21. The van der Waals surface area contributed by atoms with Gasteiger partial charge in [-0.25, -0.2) is 4.99 Å². The molecule has 2 aliphatic rings. The molecule has 1 aromatic carbocycles. The first-order chi connectivity index (χ1) is 7.79. The quantitative estimate of drug-likeness (QED) is 0.745. The van der Waals surface area contributed by atoms with Gasteiger partial charge in [-0.05, 0) is 19.1 Å². The molecule has 0 aromatic heterocycles. The van der Waals surface area contributed by atoms with Crippen molar-refractivity contribution in [3.63, 3.8) is 0 Å². The van der Waals surface area contributed by atoms with Crippen molar-refractivity contribution in [2.45, 2.75) is 23.5 Å². The van der Waals surface area contributed by atoms with Crippen LogP contribution in [0.15, 0.2) is 34.2 Å². The van der Waals surface area contributed by atoms with E-state index < -0.39 is 0 Å². The zero-order valence-corrected chi connectivity index (χ0v) is 9.83. The number of carbonyl (C=O) groups is 1. The highest BCUT2D eigenvalue weighted by atomic mass is 32.2. The standard InChI is InChI=1S/C12H12N2OS/c1-2-14-11(15)7-10-12(14)13-8-5-3-4-6-9(8)16-10/h3-6,10H,2,7H2,1H3/t10-/m0/s1. The number of hydrogen-bond donors (Lipinski definition) is 0. The predicted molar refractivity (Wildman–Crippen MR) is 65.2 cm³/mol. The average Bonchev–Trinajstić information content (AvgIpc) is 2.60. The van der Waals surface area contributed by atoms with Crippen molar-refractivity contribution in [3.8, 4) is 0 Å². The molecule has 1 saturated heterocycles. The molecule has 3 rings (SSSR count). The first kappa shape index (κ1) is 9.90. The van der Waals surface area contributed by atoms with Crippen LogP contribution in [0.4, 0.5) is 5.69 Å². The van der Waals surface area contributed by atoms with Crippen LogP contribution >= 0.6 is 11.8 Å². The number of thioether (sulfide) groups is 1. The number of amidine groups is 1. The molecule has 82 valence electrons. The molecule has 0 bridgehead atoms. The highest BCUT2D eigenvalue weighted by Gasteiger charge is 2.38. The van der Waals surface area contributed by atoms with Gasteiger partial charge in [0.05, 0.1) is 10.9 Å². The fourth-order valence-corrected chi connectivity index (χ4v) is 3.36. The number of aliphatic imine (C=N–C) groups is 1. The fraction of sp³-hybridized carbons (Fsp3) is 0.333. The topological polar surface area (TPSA) is 32.7 Å². The van der Waals surface area contributed by atoms with E-state index in [4.69, 9.17) is 0 Å². The van der Waals surface area contributed by atoms with Crippen molar-refractivity contribution in [2.75, 3.05) is 6.54 Å². The molecule has 0 spiro atoms. The highest BCUT2D eigenvalue weighted by molar-refractivity contribution is 8.01. The van der Waals surface area contributed by atoms with Crippen LogP contribution in [-0.4, -0.2) is 28.4 Å². The van der Waals surface area contributed by atoms with Gasteiger partial charge in [-0.15, -0.1) is 11.8 Å². The third-order valence-electron chi connectivity index (χ3n) is 2.91. The lowest BCUT2D eigenvalue weighted by molar-refractivity contribution is -0.125. The van der Waals surface area contributed by atoms with Crippen molar-refractivity contribution in [1.82, 2.24) is 4.90 Å². The van der Waals surface area contributed by atoms with Gasteiger partial charge in [-0.2, -0.15) is 0 Å². The van der Waals surface area contributed by atoms with Gasteiger partial charge in [0.2, 0.25) is 5.91 Å². The summed E-state index contributed by atoms with van der Waals surface area (Å²) in [4.78, 5) is 19.3. The van der Waals surface area contributed by atoms with Crippen molar-refractivity contribution in [1.29, 1.82) is 0 Å². The van der Waals surface area contributed by atoms with E-state index in [1.807, 2.05) is 25.1 Å². The second-order valence-corrected chi connectivity index (χ2v) is 5.13. The molecule has 0 aliphatic carbocycles. The molecule has 3 nitrogen and oxygen atoms in total. The van der Waals surface area contributed by atoms with Gasteiger partial charge in [0, 0.05) is 17.9 Å². The van der Waals surface area contributed by atoms with Crippen LogP contribution in [0.25, 0.3) is 0 Å². The number of para-hydroxylation sites is 1. The third-order valence-corrected chi connectivity index (χ3v) is 4.17. The first-order valence-electron chi connectivity index (χ1n) is 5.44. The molecule has 1 fully saturated rings. The van der Waals surface area contributed by atoms with E-state index in [0.717, 1.165) is 18.1 Å². The van der Waals surface area contributed by atoms with Crippen LogP contribution in [0.5, 0.6) is 0 Å². The molecular weight excluding hydrogens is 220 g/mol.